The average molecular weight is 352 g/mol. The number of carbonyl (C=O) groups is 1. The fourth-order valence-electron chi connectivity index (χ4n) is 4.04. The molecule has 1 unspecified atom stereocenters. The number of amides is 1. The van der Waals surface area contributed by atoms with Gasteiger partial charge in [0.15, 0.2) is 0 Å². The number of aromatic nitrogens is 2. The van der Waals surface area contributed by atoms with E-state index in [1.54, 1.807) is 10.6 Å². The second-order valence-corrected chi connectivity index (χ2v) is 6.87. The van der Waals surface area contributed by atoms with E-state index in [2.05, 4.69) is 17.1 Å². The Morgan fingerprint density at radius 2 is 1.92 bits per heavy atom. The number of para-hydroxylation sites is 2. The van der Waals surface area contributed by atoms with Gasteiger partial charge in [-0.25, -0.2) is 0 Å². The minimum Gasteiger partial charge on any atom is -0.353 e. The number of benzene rings is 1. The number of likely N-dealkylation sites (N-methyl/N-ethyl adjacent to an activating group) is 1. The van der Waals surface area contributed by atoms with Gasteiger partial charge in [-0.05, 0) is 50.2 Å². The molecule has 0 aliphatic carbocycles. The second kappa shape index (κ2) is 6.96. The first-order chi connectivity index (χ1) is 12.7. The maximum Gasteiger partial charge on any atom is 0.275 e. The summed E-state index contributed by atoms with van der Waals surface area (Å²) in [4.78, 5) is 27.8. The molecule has 3 aromatic rings. The van der Waals surface area contributed by atoms with E-state index in [-0.39, 0.29) is 18.0 Å². The van der Waals surface area contributed by atoms with Crippen LogP contribution in [-0.4, -0.2) is 45.5 Å². The zero-order valence-electron chi connectivity index (χ0n) is 15.0. The number of nitrogens with one attached hydrogen (secondary N) is 1. The Balaban J connectivity index is 1.59. The van der Waals surface area contributed by atoms with E-state index < -0.39 is 0 Å². The summed E-state index contributed by atoms with van der Waals surface area (Å²) in [7, 11) is 0. The van der Waals surface area contributed by atoms with Crippen molar-refractivity contribution in [3.63, 3.8) is 0 Å². The van der Waals surface area contributed by atoms with Gasteiger partial charge in [0.1, 0.15) is 12.1 Å². The number of hydrogen-bond donors (Lipinski definition) is 1. The molecule has 3 heterocycles. The van der Waals surface area contributed by atoms with Gasteiger partial charge in [0.05, 0.1) is 11.0 Å². The highest BCUT2D eigenvalue weighted by atomic mass is 16.2. The van der Waals surface area contributed by atoms with Crippen LogP contribution >= 0.6 is 0 Å². The largest absolute Gasteiger partial charge is 0.353 e. The molecule has 136 valence electrons. The highest BCUT2D eigenvalue weighted by Crippen LogP contribution is 2.16. The van der Waals surface area contributed by atoms with Crippen LogP contribution < -0.4 is 10.9 Å². The highest BCUT2D eigenvalue weighted by molar-refractivity contribution is 5.82. The molecule has 0 radical (unpaired) electrons. The summed E-state index contributed by atoms with van der Waals surface area (Å²) in [6.07, 6.45) is 4.18. The number of rotatable bonds is 5. The van der Waals surface area contributed by atoms with Crippen LogP contribution in [-0.2, 0) is 11.3 Å². The number of likely N-dealkylation sites (tertiary alicyclic amines) is 1. The van der Waals surface area contributed by atoms with Gasteiger partial charge in [0, 0.05) is 18.8 Å². The van der Waals surface area contributed by atoms with Crippen molar-refractivity contribution in [3.8, 4) is 0 Å². The molecule has 6 nitrogen and oxygen atoms in total. The molecule has 1 aromatic carbocycles. The van der Waals surface area contributed by atoms with Crippen LogP contribution in [0.1, 0.15) is 19.8 Å². The van der Waals surface area contributed by atoms with Gasteiger partial charge in [-0.1, -0.05) is 19.1 Å². The number of nitrogens with zero attached hydrogens (tertiary/aromatic N) is 3. The fraction of sp³-hybridized carbons (Fsp3) is 0.400. The molecule has 1 fully saturated rings. The first-order valence-corrected chi connectivity index (χ1v) is 9.28. The van der Waals surface area contributed by atoms with Gasteiger partial charge in [-0.15, -0.1) is 0 Å². The van der Waals surface area contributed by atoms with E-state index in [0.717, 1.165) is 30.5 Å². The van der Waals surface area contributed by atoms with Crippen molar-refractivity contribution in [1.29, 1.82) is 0 Å². The molecule has 4 rings (SSSR count). The summed E-state index contributed by atoms with van der Waals surface area (Å²) in [5, 5.41) is 3.02. The second-order valence-electron chi connectivity index (χ2n) is 6.87. The third-order valence-corrected chi connectivity index (χ3v) is 5.39. The van der Waals surface area contributed by atoms with Crippen molar-refractivity contribution in [1.82, 2.24) is 19.2 Å². The van der Waals surface area contributed by atoms with Crippen LogP contribution in [0.2, 0.25) is 0 Å². The average Bonchev–Trinajstić information content (AvgIpc) is 3.32. The monoisotopic (exact) mass is 352 g/mol. The van der Waals surface area contributed by atoms with Crippen molar-refractivity contribution in [2.24, 2.45) is 0 Å². The maximum absolute atomic E-state index is 12.9. The minimum absolute atomic E-state index is 0.0415. The molecule has 1 N–H and O–H groups in total. The molecule has 1 aliphatic rings. The standard InChI is InChI=1S/C20H24N4O2/c1-2-22-11-5-7-15(22)13-21-19(25)14-24-17-9-4-3-8-16(17)23-12-6-10-18(23)20(24)26/h3-4,6,8-10,12,15H,2,5,7,11,13-14H2,1H3,(H,21,25). The van der Waals surface area contributed by atoms with Crippen molar-refractivity contribution < 1.29 is 4.79 Å². The number of hydrogen-bond acceptors (Lipinski definition) is 3. The Kier molecular flexibility index (Phi) is 4.51. The van der Waals surface area contributed by atoms with E-state index in [4.69, 9.17) is 0 Å². The molecule has 26 heavy (non-hydrogen) atoms. The molecular weight excluding hydrogens is 328 g/mol. The number of fused-ring (bicyclic) bond motifs is 3. The van der Waals surface area contributed by atoms with E-state index in [0.29, 0.717) is 18.1 Å². The summed E-state index contributed by atoms with van der Waals surface area (Å²) >= 11 is 0. The quantitative estimate of drug-likeness (QED) is 0.762. The molecule has 1 atom stereocenters. The SMILES string of the molecule is CCN1CCCC1CNC(=O)Cn1c(=O)c2cccn2c2ccccc21. The number of carbonyl (C=O) groups excluding carboxylic acids is 1. The smallest absolute Gasteiger partial charge is 0.275 e. The Bertz CT molecular complexity index is 1000. The molecule has 0 spiro atoms. The van der Waals surface area contributed by atoms with Gasteiger partial charge >= 0.3 is 0 Å². The molecule has 1 amide bonds. The summed E-state index contributed by atoms with van der Waals surface area (Å²) in [5.74, 6) is -0.115. The van der Waals surface area contributed by atoms with Crippen molar-refractivity contribution >= 4 is 22.5 Å². The zero-order valence-corrected chi connectivity index (χ0v) is 15.0. The maximum atomic E-state index is 12.9. The van der Waals surface area contributed by atoms with Crippen LogP contribution in [0, 0.1) is 0 Å². The molecule has 1 aliphatic heterocycles. The van der Waals surface area contributed by atoms with Crippen molar-refractivity contribution in [3.05, 3.63) is 52.9 Å². The molecular formula is C20H24N4O2. The lowest BCUT2D eigenvalue weighted by molar-refractivity contribution is -0.121. The van der Waals surface area contributed by atoms with Crippen LogP contribution in [0.25, 0.3) is 16.6 Å². The molecule has 6 heteroatoms. The topological polar surface area (TPSA) is 58.8 Å². The minimum atomic E-state index is -0.139. The van der Waals surface area contributed by atoms with E-state index in [1.807, 2.05) is 40.9 Å². The summed E-state index contributed by atoms with van der Waals surface area (Å²) < 4.78 is 3.45. The van der Waals surface area contributed by atoms with E-state index >= 15 is 0 Å². The summed E-state index contributed by atoms with van der Waals surface area (Å²) in [6, 6.07) is 11.7. The molecule has 0 bridgehead atoms. The molecule has 1 saturated heterocycles. The van der Waals surface area contributed by atoms with Crippen molar-refractivity contribution in [2.45, 2.75) is 32.4 Å². The van der Waals surface area contributed by atoms with Crippen LogP contribution in [0.15, 0.2) is 47.4 Å². The normalized spacial score (nSPS) is 18.0. The van der Waals surface area contributed by atoms with Crippen LogP contribution in [0.4, 0.5) is 0 Å². The Hall–Kier alpha value is -2.60. The Morgan fingerprint density at radius 1 is 1.15 bits per heavy atom. The predicted molar refractivity (Wildman–Crippen MR) is 102 cm³/mol. The fourth-order valence-corrected chi connectivity index (χ4v) is 4.04. The Morgan fingerprint density at radius 3 is 2.73 bits per heavy atom. The van der Waals surface area contributed by atoms with E-state index in [9.17, 15) is 9.59 Å². The third-order valence-electron chi connectivity index (χ3n) is 5.39. The lowest BCUT2D eigenvalue weighted by Crippen LogP contribution is -2.42. The Labute approximate surface area is 152 Å². The summed E-state index contributed by atoms with van der Waals surface area (Å²) in [5.41, 5.74) is 2.14. The highest BCUT2D eigenvalue weighted by Gasteiger charge is 2.23. The summed E-state index contributed by atoms with van der Waals surface area (Å²) in [6.45, 7) is 4.95. The van der Waals surface area contributed by atoms with Crippen molar-refractivity contribution in [2.75, 3.05) is 19.6 Å². The van der Waals surface area contributed by atoms with Crippen LogP contribution in [0.3, 0.4) is 0 Å². The first kappa shape index (κ1) is 16.8. The van der Waals surface area contributed by atoms with Gasteiger partial charge < -0.3 is 9.72 Å². The van der Waals surface area contributed by atoms with Gasteiger partial charge in [-0.2, -0.15) is 0 Å². The lowest BCUT2D eigenvalue weighted by atomic mass is 10.2. The van der Waals surface area contributed by atoms with Gasteiger partial charge in [0.2, 0.25) is 5.91 Å². The lowest BCUT2D eigenvalue weighted by Gasteiger charge is -2.23. The van der Waals surface area contributed by atoms with E-state index in [1.165, 1.54) is 6.42 Å². The van der Waals surface area contributed by atoms with Gasteiger partial charge in [-0.3, -0.25) is 19.1 Å². The third kappa shape index (κ3) is 2.90. The molecule has 0 saturated carbocycles. The first-order valence-electron chi connectivity index (χ1n) is 9.28. The van der Waals surface area contributed by atoms with Gasteiger partial charge in [0.25, 0.3) is 5.56 Å². The zero-order chi connectivity index (χ0) is 18.1. The van der Waals surface area contributed by atoms with Crippen LogP contribution in [0.5, 0.6) is 0 Å². The predicted octanol–water partition coefficient (Wildman–Crippen LogP) is 1.85. The molecule has 2 aromatic heterocycles.